The van der Waals surface area contributed by atoms with Crippen LogP contribution in [0.3, 0.4) is 0 Å². The number of anilines is 1. The summed E-state index contributed by atoms with van der Waals surface area (Å²) in [6, 6.07) is 2.62. The molecule has 4 aromatic rings. The van der Waals surface area contributed by atoms with Crippen LogP contribution in [0.4, 0.5) is 14.6 Å². The van der Waals surface area contributed by atoms with Crippen molar-refractivity contribution in [2.45, 2.75) is 32.0 Å². The van der Waals surface area contributed by atoms with Gasteiger partial charge < -0.3 is 15.4 Å². The van der Waals surface area contributed by atoms with Crippen molar-refractivity contribution in [1.29, 1.82) is 0 Å². The number of nitrogens with zero attached hydrogens (tertiary/aromatic N) is 6. The minimum absolute atomic E-state index is 0.160. The average molecular weight is 506 g/mol. The number of benzene rings is 1. The van der Waals surface area contributed by atoms with Crippen LogP contribution >= 0.6 is 0 Å². The van der Waals surface area contributed by atoms with E-state index >= 15 is 4.39 Å². The number of aromatic nitrogens is 5. The van der Waals surface area contributed by atoms with Crippen LogP contribution in [0.1, 0.15) is 30.6 Å². The lowest BCUT2D eigenvalue weighted by Crippen LogP contribution is -2.37. The predicted octanol–water partition coefficient (Wildman–Crippen LogP) is 3.04. The molecular weight excluding hydrogens is 480 g/mol. The molecule has 1 saturated heterocycles. The Morgan fingerprint density at radius 2 is 2.16 bits per heavy atom. The molecule has 9 nitrogen and oxygen atoms in total. The molecule has 0 aliphatic carbocycles. The molecule has 2 N–H and O–H groups in total. The van der Waals surface area contributed by atoms with Gasteiger partial charge in [-0.1, -0.05) is 12.5 Å². The molecule has 3 aromatic heterocycles. The number of nitrogen functional groups attached to an aromatic ring is 1. The van der Waals surface area contributed by atoms with Crippen molar-refractivity contribution in [3.63, 3.8) is 0 Å². The Labute approximate surface area is 211 Å². The highest BCUT2D eigenvalue weighted by Gasteiger charge is 2.36. The molecule has 0 bridgehead atoms. The summed E-state index contributed by atoms with van der Waals surface area (Å²) in [5, 5.41) is 9.42. The van der Waals surface area contributed by atoms with E-state index < -0.39 is 11.6 Å². The smallest absolute Gasteiger partial charge is 0.246 e. The average Bonchev–Trinajstić information content (AvgIpc) is 3.59. The van der Waals surface area contributed by atoms with E-state index in [0.29, 0.717) is 42.5 Å². The first-order valence-corrected chi connectivity index (χ1v) is 11.8. The molecule has 4 heterocycles. The molecule has 0 unspecified atom stereocenters. The Kier molecular flexibility index (Phi) is 6.35. The Morgan fingerprint density at radius 1 is 1.35 bits per heavy atom. The molecule has 5 rings (SSSR count). The van der Waals surface area contributed by atoms with Crippen LogP contribution in [0.25, 0.3) is 21.8 Å². The molecule has 37 heavy (non-hydrogen) atoms. The number of methoxy groups -OCH3 is 1. The van der Waals surface area contributed by atoms with Crippen LogP contribution in [0, 0.1) is 23.5 Å². The van der Waals surface area contributed by atoms with Gasteiger partial charge in [-0.15, -0.1) is 0 Å². The quantitative estimate of drug-likeness (QED) is 0.330. The number of amides is 1. The molecule has 190 valence electrons. The minimum Gasteiger partial charge on any atom is -0.383 e. The number of likely N-dealkylation sites (tertiary alicyclic amines) is 1. The number of carbonyl (C=O) groups is 1. The summed E-state index contributed by atoms with van der Waals surface area (Å²) in [6.45, 7) is 6.65. The third-order valence-electron chi connectivity index (χ3n) is 6.65. The third kappa shape index (κ3) is 4.09. The third-order valence-corrected chi connectivity index (χ3v) is 6.65. The highest BCUT2D eigenvalue weighted by atomic mass is 19.1. The number of fused-ring (bicyclic) bond motifs is 2. The molecular formula is C26H25F2N7O2. The van der Waals surface area contributed by atoms with Gasteiger partial charge in [0.1, 0.15) is 17.3 Å². The Morgan fingerprint density at radius 3 is 2.89 bits per heavy atom. The molecule has 1 aliphatic heterocycles. The van der Waals surface area contributed by atoms with E-state index in [1.807, 2.05) is 6.92 Å². The molecule has 1 fully saturated rings. The topological polar surface area (TPSA) is 104 Å². The van der Waals surface area contributed by atoms with Crippen molar-refractivity contribution in [3.05, 3.63) is 60.1 Å². The second-order valence-electron chi connectivity index (χ2n) is 8.77. The highest BCUT2D eigenvalue weighted by molar-refractivity contribution is 5.93. The molecule has 1 aromatic carbocycles. The first-order chi connectivity index (χ1) is 17.9. The van der Waals surface area contributed by atoms with Crippen molar-refractivity contribution in [2.24, 2.45) is 0 Å². The van der Waals surface area contributed by atoms with Gasteiger partial charge in [0.2, 0.25) is 5.91 Å². The number of aryl methyl sites for hydroxylation is 1. The number of carbonyl (C=O) groups excluding carboxylic acids is 1. The number of halogens is 2. The monoisotopic (exact) mass is 505 g/mol. The molecule has 0 radical (unpaired) electrons. The summed E-state index contributed by atoms with van der Waals surface area (Å²) in [5.41, 5.74) is 7.05. The van der Waals surface area contributed by atoms with E-state index in [4.69, 9.17) is 10.5 Å². The van der Waals surface area contributed by atoms with Gasteiger partial charge in [0.15, 0.2) is 5.82 Å². The zero-order valence-corrected chi connectivity index (χ0v) is 20.4. The fourth-order valence-corrected chi connectivity index (χ4v) is 4.92. The lowest BCUT2D eigenvalue weighted by Gasteiger charge is -2.22. The van der Waals surface area contributed by atoms with E-state index in [1.165, 1.54) is 23.0 Å². The van der Waals surface area contributed by atoms with Crippen molar-refractivity contribution in [3.8, 4) is 11.8 Å². The molecule has 2 atom stereocenters. The van der Waals surface area contributed by atoms with Crippen LogP contribution in [0.2, 0.25) is 0 Å². The molecule has 1 amide bonds. The van der Waals surface area contributed by atoms with E-state index in [0.717, 1.165) is 0 Å². The van der Waals surface area contributed by atoms with E-state index in [2.05, 4.69) is 33.6 Å². The van der Waals surface area contributed by atoms with Gasteiger partial charge in [-0.25, -0.2) is 13.8 Å². The van der Waals surface area contributed by atoms with Gasteiger partial charge in [0, 0.05) is 32.5 Å². The number of nitrogens with two attached hydrogens (primary N) is 1. The largest absolute Gasteiger partial charge is 0.383 e. The zero-order chi connectivity index (χ0) is 26.3. The maximum absolute atomic E-state index is 15.2. The van der Waals surface area contributed by atoms with Crippen LogP contribution in [-0.4, -0.2) is 61.7 Å². The predicted molar refractivity (Wildman–Crippen MR) is 134 cm³/mol. The number of hydrogen-bond acceptors (Lipinski definition) is 6. The van der Waals surface area contributed by atoms with Gasteiger partial charge in [-0.2, -0.15) is 10.2 Å². The Hall–Kier alpha value is -4.30. The van der Waals surface area contributed by atoms with Crippen LogP contribution in [0.15, 0.2) is 37.2 Å². The Bertz CT molecular complexity index is 1600. The van der Waals surface area contributed by atoms with Crippen LogP contribution in [-0.2, 0) is 16.1 Å². The number of ether oxygens (including phenoxy) is 1. The summed E-state index contributed by atoms with van der Waals surface area (Å²) in [5.74, 6) is 3.84. The normalized spacial score (nSPS) is 17.4. The fraction of sp³-hybridized carbons (Fsp3) is 0.308. The lowest BCUT2D eigenvalue weighted by molar-refractivity contribution is -0.127. The van der Waals surface area contributed by atoms with Crippen molar-refractivity contribution >= 4 is 33.5 Å². The standard InChI is InChI=1S/C26H25F2N7O2/c1-4-23(36)33-13-15(10-16(33)14-37-3)35-21-8-9-30-26(29)24(21)20(32-35)7-6-17-19(27)11-22-18(25(17)28)12-31-34(22)5-2/h4,8-9,11-12,15-16H,1,5,10,13-14H2,2-3H3,(H2,29,30)/t15-,16+/m0/s1. The Balaban J connectivity index is 1.59. The van der Waals surface area contributed by atoms with Crippen molar-refractivity contribution in [2.75, 3.05) is 26.0 Å². The summed E-state index contributed by atoms with van der Waals surface area (Å²) < 4.78 is 38.6. The number of hydrogen-bond donors (Lipinski definition) is 1. The number of pyridine rings is 1. The first kappa shape index (κ1) is 24.4. The summed E-state index contributed by atoms with van der Waals surface area (Å²) in [6.07, 6.45) is 4.77. The van der Waals surface area contributed by atoms with Gasteiger partial charge >= 0.3 is 0 Å². The van der Waals surface area contributed by atoms with E-state index in [-0.39, 0.29) is 40.5 Å². The maximum atomic E-state index is 15.2. The van der Waals surface area contributed by atoms with E-state index in [9.17, 15) is 9.18 Å². The fourth-order valence-electron chi connectivity index (χ4n) is 4.92. The second kappa shape index (κ2) is 9.63. The zero-order valence-electron chi connectivity index (χ0n) is 20.4. The highest BCUT2D eigenvalue weighted by Crippen LogP contribution is 2.33. The second-order valence-corrected chi connectivity index (χ2v) is 8.77. The number of rotatable bonds is 5. The minimum atomic E-state index is -0.792. The molecule has 0 spiro atoms. The molecule has 11 heteroatoms. The van der Waals surface area contributed by atoms with Gasteiger partial charge in [0.05, 0.1) is 52.3 Å². The van der Waals surface area contributed by atoms with E-state index in [1.54, 1.807) is 29.0 Å². The van der Waals surface area contributed by atoms with Gasteiger partial charge in [-0.3, -0.25) is 14.2 Å². The summed E-state index contributed by atoms with van der Waals surface area (Å²) >= 11 is 0. The SMILES string of the molecule is C=CC(=O)N1C[C@@H](n2nc(C#Cc3c(F)cc4c(cnn4CC)c3F)c3c(N)nccc32)C[C@@H]1COC. The van der Waals surface area contributed by atoms with Crippen molar-refractivity contribution < 1.29 is 18.3 Å². The van der Waals surface area contributed by atoms with Crippen LogP contribution < -0.4 is 5.73 Å². The molecule has 1 aliphatic rings. The summed E-state index contributed by atoms with van der Waals surface area (Å²) in [7, 11) is 1.58. The maximum Gasteiger partial charge on any atom is 0.246 e. The van der Waals surface area contributed by atoms with Crippen LogP contribution in [0.5, 0.6) is 0 Å². The van der Waals surface area contributed by atoms with Gasteiger partial charge in [0.25, 0.3) is 0 Å². The molecule has 0 saturated carbocycles. The first-order valence-electron chi connectivity index (χ1n) is 11.8. The lowest BCUT2D eigenvalue weighted by atomic mass is 10.1. The van der Waals surface area contributed by atoms with Gasteiger partial charge in [-0.05, 0) is 31.4 Å². The van der Waals surface area contributed by atoms with Crippen molar-refractivity contribution in [1.82, 2.24) is 29.4 Å². The summed E-state index contributed by atoms with van der Waals surface area (Å²) in [4.78, 5) is 18.3.